The van der Waals surface area contributed by atoms with Gasteiger partial charge in [-0.2, -0.15) is 14.3 Å². The molecule has 2 fully saturated rings. The lowest BCUT2D eigenvalue weighted by molar-refractivity contribution is 0.118. The zero-order valence-corrected chi connectivity index (χ0v) is 24.4. The number of hydrogen-bond acceptors (Lipinski definition) is 8. The fraction of sp³-hybridized carbons (Fsp3) is 0.556. The van der Waals surface area contributed by atoms with Crippen LogP contribution in [0.25, 0.3) is 11.0 Å². The van der Waals surface area contributed by atoms with Crippen LogP contribution in [-0.2, 0) is 10.0 Å². The normalized spacial score (nSPS) is 18.8. The summed E-state index contributed by atoms with van der Waals surface area (Å²) >= 11 is 6.38. The van der Waals surface area contributed by atoms with Gasteiger partial charge in [-0.05, 0) is 64.3 Å². The topological polar surface area (TPSA) is 115 Å². The third-order valence-corrected chi connectivity index (χ3v) is 10.1. The summed E-state index contributed by atoms with van der Waals surface area (Å²) < 4.78 is 34.2. The zero-order chi connectivity index (χ0) is 27.6. The highest BCUT2D eigenvalue weighted by Crippen LogP contribution is 2.34. The Balaban J connectivity index is 1.34. The molecule has 4 heterocycles. The Hall–Kier alpha value is -2.60. The number of nitrogens with one attached hydrogen (secondary N) is 3. The molecule has 3 aromatic rings. The summed E-state index contributed by atoms with van der Waals surface area (Å²) in [6.07, 6.45) is 8.11. The van der Waals surface area contributed by atoms with Crippen LogP contribution in [0.5, 0.6) is 5.75 Å². The van der Waals surface area contributed by atoms with Gasteiger partial charge in [0.1, 0.15) is 17.2 Å². The molecule has 1 aromatic carbocycles. The minimum Gasteiger partial charge on any atom is -0.495 e. The molecule has 1 atom stereocenters. The van der Waals surface area contributed by atoms with Crippen molar-refractivity contribution in [1.82, 2.24) is 24.2 Å². The number of hydrogen-bond donors (Lipinski definition) is 3. The van der Waals surface area contributed by atoms with Crippen LogP contribution in [0.2, 0.25) is 5.02 Å². The number of likely N-dealkylation sites (tertiary alicyclic amines) is 1. The number of sulfonamides is 1. The molecule has 2 saturated heterocycles. The summed E-state index contributed by atoms with van der Waals surface area (Å²) in [5.74, 6) is 1.35. The van der Waals surface area contributed by atoms with E-state index in [1.165, 1.54) is 26.4 Å². The van der Waals surface area contributed by atoms with E-state index in [0.29, 0.717) is 53.0 Å². The van der Waals surface area contributed by atoms with Gasteiger partial charge in [-0.15, -0.1) is 0 Å². The molecule has 0 spiro atoms. The Morgan fingerprint density at radius 1 is 1.15 bits per heavy atom. The second kappa shape index (κ2) is 11.9. The van der Waals surface area contributed by atoms with E-state index in [1.54, 1.807) is 28.7 Å². The van der Waals surface area contributed by atoms with Crippen molar-refractivity contribution in [2.75, 3.05) is 43.9 Å². The Morgan fingerprint density at radius 2 is 1.90 bits per heavy atom. The highest BCUT2D eigenvalue weighted by atomic mass is 35.5. The number of benzene rings is 1. The molecule has 12 heteroatoms. The number of H-pyrrole nitrogens is 1. The molecule has 3 N–H and O–H groups in total. The SMILES string of the molecule is CC[C@@H](C)Nc1nc(Nc2ccc(S(=O)(=O)N3CCC(N4CCCCC4)CC3)cc2OC)nc2[nH]cc(Cl)c12. The second-order valence-electron chi connectivity index (χ2n) is 10.4. The minimum atomic E-state index is -3.64. The van der Waals surface area contributed by atoms with E-state index >= 15 is 0 Å². The van der Waals surface area contributed by atoms with Gasteiger partial charge in [-0.25, -0.2) is 8.42 Å². The number of rotatable bonds is 9. The van der Waals surface area contributed by atoms with Crippen molar-refractivity contribution in [1.29, 1.82) is 0 Å². The third kappa shape index (κ3) is 5.96. The molecule has 2 aliphatic rings. The molecule has 0 bridgehead atoms. The predicted molar refractivity (Wildman–Crippen MR) is 156 cm³/mol. The van der Waals surface area contributed by atoms with Gasteiger partial charge in [-0.3, -0.25) is 0 Å². The van der Waals surface area contributed by atoms with Crippen LogP contribution in [-0.4, -0.2) is 77.9 Å². The van der Waals surface area contributed by atoms with Gasteiger partial charge in [0.25, 0.3) is 0 Å². The van der Waals surface area contributed by atoms with Crippen LogP contribution in [0.15, 0.2) is 29.3 Å². The van der Waals surface area contributed by atoms with E-state index < -0.39 is 10.0 Å². The maximum atomic E-state index is 13.5. The van der Waals surface area contributed by atoms with Crippen molar-refractivity contribution in [3.63, 3.8) is 0 Å². The van der Waals surface area contributed by atoms with Crippen LogP contribution in [0, 0.1) is 0 Å². The number of aromatic amines is 1. The quantitative estimate of drug-likeness (QED) is 0.318. The Kier molecular flexibility index (Phi) is 8.51. The van der Waals surface area contributed by atoms with E-state index in [0.717, 1.165) is 37.7 Å². The number of nitrogens with zero attached hydrogens (tertiary/aromatic N) is 4. The monoisotopic (exact) mass is 575 g/mol. The molecular formula is C27H38ClN7O3S. The number of aromatic nitrogens is 3. The second-order valence-corrected chi connectivity index (χ2v) is 12.8. The van der Waals surface area contributed by atoms with Gasteiger partial charge in [0.15, 0.2) is 0 Å². The van der Waals surface area contributed by atoms with Gasteiger partial charge < -0.3 is 25.3 Å². The lowest BCUT2D eigenvalue weighted by Crippen LogP contribution is -2.48. The minimum absolute atomic E-state index is 0.186. The lowest BCUT2D eigenvalue weighted by atomic mass is 10.0. The average Bonchev–Trinajstić information content (AvgIpc) is 3.34. The highest BCUT2D eigenvalue weighted by Gasteiger charge is 2.32. The van der Waals surface area contributed by atoms with E-state index in [-0.39, 0.29) is 10.9 Å². The van der Waals surface area contributed by atoms with Crippen LogP contribution >= 0.6 is 11.6 Å². The first kappa shape index (κ1) is 27.9. The molecule has 0 saturated carbocycles. The van der Waals surface area contributed by atoms with Crippen LogP contribution in [0.3, 0.4) is 0 Å². The Bertz CT molecular complexity index is 1400. The van der Waals surface area contributed by atoms with E-state index in [2.05, 4.69) is 44.3 Å². The summed E-state index contributed by atoms with van der Waals surface area (Å²) in [5, 5.41) is 7.84. The molecule has 0 amide bonds. The fourth-order valence-corrected chi connectivity index (χ4v) is 7.15. The number of piperidine rings is 2. The number of ether oxygens (including phenoxy) is 1. The Morgan fingerprint density at radius 3 is 2.59 bits per heavy atom. The summed E-state index contributed by atoms with van der Waals surface area (Å²) in [6, 6.07) is 5.54. The van der Waals surface area contributed by atoms with E-state index in [9.17, 15) is 8.42 Å². The summed E-state index contributed by atoms with van der Waals surface area (Å²) in [7, 11) is -2.12. The van der Waals surface area contributed by atoms with Crippen molar-refractivity contribution in [2.45, 2.75) is 69.4 Å². The number of anilines is 3. The molecule has 10 nitrogen and oxygen atoms in total. The highest BCUT2D eigenvalue weighted by molar-refractivity contribution is 7.89. The van der Waals surface area contributed by atoms with Gasteiger partial charge in [0.05, 0.1) is 28.1 Å². The van der Waals surface area contributed by atoms with Gasteiger partial charge in [0, 0.05) is 37.4 Å². The number of fused-ring (bicyclic) bond motifs is 1. The fourth-order valence-electron chi connectivity index (χ4n) is 5.43. The van der Waals surface area contributed by atoms with Gasteiger partial charge in [0.2, 0.25) is 16.0 Å². The first-order chi connectivity index (χ1) is 18.8. The van der Waals surface area contributed by atoms with E-state index in [1.807, 2.05) is 0 Å². The molecule has 0 unspecified atom stereocenters. The van der Waals surface area contributed by atoms with Crippen molar-refractivity contribution < 1.29 is 13.2 Å². The van der Waals surface area contributed by atoms with Gasteiger partial charge in [-0.1, -0.05) is 24.9 Å². The molecular weight excluding hydrogens is 538 g/mol. The first-order valence-electron chi connectivity index (χ1n) is 13.8. The summed E-state index contributed by atoms with van der Waals surface area (Å²) in [4.78, 5) is 15.1. The molecule has 0 radical (unpaired) electrons. The Labute approximate surface area is 235 Å². The van der Waals surface area contributed by atoms with Crippen molar-refractivity contribution in [2.24, 2.45) is 0 Å². The smallest absolute Gasteiger partial charge is 0.243 e. The average molecular weight is 576 g/mol. The van der Waals surface area contributed by atoms with Gasteiger partial charge >= 0.3 is 0 Å². The number of methoxy groups -OCH3 is 1. The molecule has 5 rings (SSSR count). The largest absolute Gasteiger partial charge is 0.495 e. The van der Waals surface area contributed by atoms with Crippen molar-refractivity contribution in [3.05, 3.63) is 29.4 Å². The third-order valence-electron chi connectivity index (χ3n) is 7.87. The maximum Gasteiger partial charge on any atom is 0.243 e. The van der Waals surface area contributed by atoms with Crippen LogP contribution in [0.4, 0.5) is 17.5 Å². The summed E-state index contributed by atoms with van der Waals surface area (Å²) in [6.45, 7) is 7.48. The van der Waals surface area contributed by atoms with Crippen molar-refractivity contribution >= 4 is 50.1 Å². The first-order valence-corrected chi connectivity index (χ1v) is 15.6. The zero-order valence-electron chi connectivity index (χ0n) is 22.8. The van der Waals surface area contributed by atoms with Crippen LogP contribution < -0.4 is 15.4 Å². The lowest BCUT2D eigenvalue weighted by Gasteiger charge is -2.39. The number of halogens is 1. The van der Waals surface area contributed by atoms with Crippen molar-refractivity contribution in [3.8, 4) is 5.75 Å². The predicted octanol–water partition coefficient (Wildman–Crippen LogP) is 5.21. The molecule has 2 aliphatic heterocycles. The molecule has 2 aromatic heterocycles. The molecule has 0 aliphatic carbocycles. The van der Waals surface area contributed by atoms with E-state index in [4.69, 9.17) is 16.3 Å². The standard InChI is InChI=1S/C27H38ClN7O3S/c1-4-18(2)30-26-24-21(28)17-29-25(24)32-27(33-26)31-22-9-8-20(16-23(22)38-3)39(36,37)35-14-10-19(11-15-35)34-12-6-5-7-13-34/h8-9,16-19H,4-7,10-15H2,1-3H3,(H3,29,30,31,32,33)/t18-/m1/s1. The molecule has 39 heavy (non-hydrogen) atoms. The molecule has 212 valence electrons. The maximum absolute atomic E-state index is 13.5. The van der Waals surface area contributed by atoms with Crippen LogP contribution in [0.1, 0.15) is 52.4 Å². The summed E-state index contributed by atoms with van der Waals surface area (Å²) in [5.41, 5.74) is 1.15.